The molecule has 0 unspecified atom stereocenters. The van der Waals surface area contributed by atoms with Crippen LogP contribution in [0.2, 0.25) is 5.02 Å². The molecule has 196 valence electrons. The van der Waals surface area contributed by atoms with Crippen LogP contribution in [0.1, 0.15) is 65.6 Å². The molecule has 3 aromatic rings. The summed E-state index contributed by atoms with van der Waals surface area (Å²) >= 11 is 6.72. The zero-order chi connectivity index (χ0) is 28.6. The molecule has 0 bridgehead atoms. The van der Waals surface area contributed by atoms with Gasteiger partial charge in [-0.2, -0.15) is 10.5 Å². The highest BCUT2D eigenvalue weighted by atomic mass is 35.5. The van der Waals surface area contributed by atoms with Gasteiger partial charge in [0, 0.05) is 35.6 Å². The minimum atomic E-state index is -1.53. The smallest absolute Gasteiger partial charge is 0.103 e. The molecule has 4 N–H and O–H groups in total. The molecule has 1 atom stereocenters. The Balaban J connectivity index is 1.87. The van der Waals surface area contributed by atoms with Crippen molar-refractivity contribution in [1.29, 1.82) is 10.5 Å². The van der Waals surface area contributed by atoms with E-state index in [0.29, 0.717) is 56.2 Å². The molecule has 1 aromatic heterocycles. The van der Waals surface area contributed by atoms with E-state index < -0.39 is 6.02 Å². The maximum atomic E-state index is 9.80. The molecule has 2 heterocycles. The number of fused-ring (bicyclic) bond motifs is 1. The highest BCUT2D eigenvalue weighted by Crippen LogP contribution is 2.36. The van der Waals surface area contributed by atoms with Crippen LogP contribution in [0.4, 0.5) is 11.4 Å². The molecular formula is C29H33ClN8. The Bertz CT molecular complexity index is 1520. The summed E-state index contributed by atoms with van der Waals surface area (Å²) in [5.41, 5.74) is 9.64. The predicted molar refractivity (Wildman–Crippen MR) is 153 cm³/mol. The van der Waals surface area contributed by atoms with Gasteiger partial charge in [-0.3, -0.25) is 9.99 Å². The van der Waals surface area contributed by atoms with E-state index in [1.54, 1.807) is 30.3 Å². The predicted octanol–water partition coefficient (Wildman–Crippen LogP) is 6.21. The third-order valence-electron chi connectivity index (χ3n) is 5.95. The first-order chi connectivity index (χ1) is 18.2. The monoisotopic (exact) mass is 529 g/mol. The van der Waals surface area contributed by atoms with Crippen LogP contribution in [-0.4, -0.2) is 22.1 Å². The lowest BCUT2D eigenvalue weighted by molar-refractivity contribution is 0.138. The number of rotatable bonds is 6. The number of aromatic nitrogens is 1. The van der Waals surface area contributed by atoms with Gasteiger partial charge in [-0.25, -0.2) is 0 Å². The SMILES string of the molecule is [2H][C@](Nc1cc(Cl)c2ncc(C#N)c(NCC(C)(C)C)c2c1)(C1=CN(C(C)(C)C)NN1)c1cccc(C#N)c1. The Kier molecular flexibility index (Phi) is 7.03. The number of hydrogen-bond acceptors (Lipinski definition) is 8. The normalized spacial score (nSPS) is 15.6. The van der Waals surface area contributed by atoms with Gasteiger partial charge in [0.05, 0.1) is 46.5 Å². The molecule has 1 aliphatic rings. The Morgan fingerprint density at radius 1 is 1.13 bits per heavy atom. The summed E-state index contributed by atoms with van der Waals surface area (Å²) in [7, 11) is 0. The second-order valence-electron chi connectivity index (χ2n) is 11.4. The summed E-state index contributed by atoms with van der Waals surface area (Å²) in [5, 5.41) is 29.0. The Morgan fingerprint density at radius 2 is 1.89 bits per heavy atom. The van der Waals surface area contributed by atoms with E-state index >= 15 is 0 Å². The van der Waals surface area contributed by atoms with Crippen molar-refractivity contribution < 1.29 is 1.37 Å². The molecule has 0 radical (unpaired) electrons. The van der Waals surface area contributed by atoms with E-state index in [0.717, 1.165) is 0 Å². The summed E-state index contributed by atoms with van der Waals surface area (Å²) in [5.74, 6) is 0. The van der Waals surface area contributed by atoms with Gasteiger partial charge in [-0.1, -0.05) is 44.5 Å². The molecule has 2 aromatic carbocycles. The molecule has 0 saturated carbocycles. The molecule has 1 aliphatic heterocycles. The van der Waals surface area contributed by atoms with Crippen molar-refractivity contribution in [3.63, 3.8) is 0 Å². The average molecular weight is 530 g/mol. The second-order valence-corrected chi connectivity index (χ2v) is 11.8. The number of hydrazine groups is 2. The van der Waals surface area contributed by atoms with E-state index in [1.807, 2.05) is 38.0 Å². The lowest BCUT2D eigenvalue weighted by atomic mass is 9.96. The van der Waals surface area contributed by atoms with Crippen LogP contribution in [-0.2, 0) is 0 Å². The van der Waals surface area contributed by atoms with Crippen molar-refractivity contribution >= 4 is 33.9 Å². The molecule has 38 heavy (non-hydrogen) atoms. The first-order valence-electron chi connectivity index (χ1n) is 12.8. The van der Waals surface area contributed by atoms with Crippen LogP contribution in [0.3, 0.4) is 0 Å². The van der Waals surface area contributed by atoms with E-state index in [9.17, 15) is 11.9 Å². The van der Waals surface area contributed by atoms with Gasteiger partial charge in [0.25, 0.3) is 0 Å². The number of nitrogens with one attached hydrogen (secondary N) is 4. The molecule has 8 nitrogen and oxygen atoms in total. The Hall–Kier alpha value is -3.98. The third kappa shape index (κ3) is 5.94. The van der Waals surface area contributed by atoms with Crippen molar-refractivity contribution in [1.82, 2.24) is 21.0 Å². The average Bonchev–Trinajstić information content (AvgIpc) is 3.39. The Morgan fingerprint density at radius 3 is 2.53 bits per heavy atom. The number of benzene rings is 2. The van der Waals surface area contributed by atoms with Crippen LogP contribution in [0.25, 0.3) is 10.9 Å². The number of nitriles is 2. The second kappa shape index (κ2) is 10.4. The number of nitrogens with zero attached hydrogens (tertiary/aromatic N) is 4. The number of pyridine rings is 1. The first kappa shape index (κ1) is 25.7. The molecule has 0 amide bonds. The van der Waals surface area contributed by atoms with Gasteiger partial charge in [0.15, 0.2) is 0 Å². The first-order valence-corrected chi connectivity index (χ1v) is 12.7. The highest BCUT2D eigenvalue weighted by Gasteiger charge is 2.28. The van der Waals surface area contributed by atoms with Crippen molar-refractivity contribution in [2.45, 2.75) is 53.1 Å². The van der Waals surface area contributed by atoms with E-state index in [4.69, 9.17) is 11.6 Å². The fraction of sp³-hybridized carbons (Fsp3) is 0.345. The van der Waals surface area contributed by atoms with Crippen molar-refractivity contribution in [3.8, 4) is 12.1 Å². The summed E-state index contributed by atoms with van der Waals surface area (Å²) in [4.78, 5) is 4.44. The minimum absolute atomic E-state index is 0.0311. The van der Waals surface area contributed by atoms with Crippen LogP contribution >= 0.6 is 11.6 Å². The van der Waals surface area contributed by atoms with Gasteiger partial charge in [-0.05, 0) is 56.0 Å². The summed E-state index contributed by atoms with van der Waals surface area (Å²) in [6.07, 6.45) is 3.36. The molecular weight excluding hydrogens is 496 g/mol. The van der Waals surface area contributed by atoms with Crippen LogP contribution in [0.15, 0.2) is 54.5 Å². The van der Waals surface area contributed by atoms with Crippen molar-refractivity contribution in [2.24, 2.45) is 5.41 Å². The lowest BCUT2D eigenvalue weighted by Crippen LogP contribution is -2.47. The molecule has 0 fully saturated rings. The van der Waals surface area contributed by atoms with E-state index in [-0.39, 0.29) is 11.0 Å². The minimum Gasteiger partial charge on any atom is -0.383 e. The zero-order valence-electron chi connectivity index (χ0n) is 23.5. The molecule has 0 saturated heterocycles. The summed E-state index contributed by atoms with van der Waals surface area (Å²) in [6.45, 7) is 13.1. The maximum absolute atomic E-state index is 9.80. The summed E-state index contributed by atoms with van der Waals surface area (Å²) < 4.78 is 9.69. The molecule has 9 heteroatoms. The number of anilines is 2. The summed E-state index contributed by atoms with van der Waals surface area (Å²) in [6, 6.07) is 13.4. The molecule has 4 rings (SSSR count). The zero-order valence-corrected chi connectivity index (χ0v) is 23.2. The Labute approximate surface area is 230 Å². The largest absolute Gasteiger partial charge is 0.383 e. The lowest BCUT2D eigenvalue weighted by Gasteiger charge is -2.30. The molecule has 0 spiro atoms. The quantitative estimate of drug-likeness (QED) is 0.298. The van der Waals surface area contributed by atoms with Gasteiger partial charge in [0.2, 0.25) is 0 Å². The topological polar surface area (TPSA) is 112 Å². The molecule has 0 aliphatic carbocycles. The van der Waals surface area contributed by atoms with Gasteiger partial charge in [-0.15, -0.1) is 5.53 Å². The van der Waals surface area contributed by atoms with E-state index in [1.165, 1.54) is 6.20 Å². The number of hydrogen-bond donors (Lipinski definition) is 4. The van der Waals surface area contributed by atoms with Crippen LogP contribution < -0.4 is 21.6 Å². The number of halogens is 1. The van der Waals surface area contributed by atoms with Crippen molar-refractivity contribution in [3.05, 3.63) is 76.2 Å². The van der Waals surface area contributed by atoms with Gasteiger partial charge in [0.1, 0.15) is 6.07 Å². The van der Waals surface area contributed by atoms with E-state index in [2.05, 4.69) is 59.5 Å². The van der Waals surface area contributed by atoms with Crippen LogP contribution in [0, 0.1) is 28.1 Å². The van der Waals surface area contributed by atoms with Gasteiger partial charge >= 0.3 is 0 Å². The van der Waals surface area contributed by atoms with Crippen molar-refractivity contribution in [2.75, 3.05) is 17.2 Å². The standard InChI is InChI=1S/C29H33ClN8/c1-28(2,3)17-34-25-20(14-32)15-33-27-22(25)11-21(12-23(27)30)35-26(19-9-7-8-18(10-19)13-31)24-16-38(37-36-24)29(4,5)6/h7-12,15-16,26,35-37H,17H2,1-6H3,(H,33,34)/t26-/m1/s1/i26D. The third-order valence-corrected chi connectivity index (χ3v) is 6.24. The van der Waals surface area contributed by atoms with Gasteiger partial charge < -0.3 is 16.1 Å². The highest BCUT2D eigenvalue weighted by molar-refractivity contribution is 6.35. The fourth-order valence-corrected chi connectivity index (χ4v) is 4.21. The maximum Gasteiger partial charge on any atom is 0.103 e. The fourth-order valence-electron chi connectivity index (χ4n) is 3.95. The van der Waals surface area contributed by atoms with Crippen LogP contribution in [0.5, 0.6) is 0 Å².